The smallest absolute Gasteiger partial charge is 0.408 e. The highest BCUT2D eigenvalue weighted by molar-refractivity contribution is 5.94. The Morgan fingerprint density at radius 3 is 2.64 bits per heavy atom. The van der Waals surface area contributed by atoms with Crippen molar-refractivity contribution in [3.05, 3.63) is 70.0 Å². The zero-order valence-corrected chi connectivity index (χ0v) is 15.3. The molecule has 0 aliphatic carbocycles. The number of rotatable bonds is 7. The number of carbonyl (C=O) groups excluding carboxylic acids is 2. The number of hydrogen-bond donors (Lipinski definition) is 2. The Labute approximate surface area is 160 Å². The number of amides is 2. The third-order valence-corrected chi connectivity index (χ3v) is 4.30. The van der Waals surface area contributed by atoms with E-state index >= 15 is 0 Å². The lowest BCUT2D eigenvalue weighted by atomic mass is 10.1. The molecule has 7 nitrogen and oxygen atoms in total. The first-order valence-corrected chi connectivity index (χ1v) is 8.85. The van der Waals surface area contributed by atoms with Crippen LogP contribution in [0, 0.1) is 12.7 Å². The predicted octanol–water partition coefficient (Wildman–Crippen LogP) is 1.98. The van der Waals surface area contributed by atoms with E-state index in [2.05, 4.69) is 10.6 Å². The monoisotopic (exact) mass is 385 g/mol. The minimum absolute atomic E-state index is 0.0978. The Balaban J connectivity index is 1.43. The highest BCUT2D eigenvalue weighted by Gasteiger charge is 2.11. The number of carbonyl (C=O) groups is 2. The topological polar surface area (TPSA) is 93.3 Å². The third kappa shape index (κ3) is 4.46. The van der Waals surface area contributed by atoms with E-state index in [1.165, 1.54) is 16.7 Å². The highest BCUT2D eigenvalue weighted by Crippen LogP contribution is 2.12. The van der Waals surface area contributed by atoms with E-state index in [-0.39, 0.29) is 37.5 Å². The molecule has 2 amide bonds. The fourth-order valence-electron chi connectivity index (χ4n) is 2.74. The zero-order valence-electron chi connectivity index (χ0n) is 15.3. The van der Waals surface area contributed by atoms with Gasteiger partial charge in [-0.3, -0.25) is 14.2 Å². The van der Waals surface area contributed by atoms with Crippen LogP contribution in [0.4, 0.5) is 4.39 Å². The molecule has 0 atom stereocenters. The third-order valence-electron chi connectivity index (χ3n) is 4.30. The van der Waals surface area contributed by atoms with Gasteiger partial charge in [0, 0.05) is 31.6 Å². The number of benzene rings is 2. The van der Waals surface area contributed by atoms with E-state index in [1.807, 2.05) is 0 Å². The second kappa shape index (κ2) is 8.51. The molecule has 28 heavy (non-hydrogen) atoms. The maximum atomic E-state index is 13.5. The van der Waals surface area contributed by atoms with Crippen molar-refractivity contribution in [3.8, 4) is 0 Å². The Bertz CT molecular complexity index is 1070. The largest absolute Gasteiger partial charge is 0.419 e. The molecule has 0 aliphatic heterocycles. The summed E-state index contributed by atoms with van der Waals surface area (Å²) in [5, 5.41) is 5.28. The Morgan fingerprint density at radius 1 is 1.11 bits per heavy atom. The Morgan fingerprint density at radius 2 is 1.86 bits per heavy atom. The van der Waals surface area contributed by atoms with E-state index in [9.17, 15) is 18.8 Å². The number of oxazole rings is 1. The van der Waals surface area contributed by atoms with Crippen molar-refractivity contribution >= 4 is 22.9 Å². The SMILES string of the molecule is Cc1ccc(C(=O)NCCNC(=O)CCn2c(=O)oc3ccccc32)cc1F. The van der Waals surface area contributed by atoms with Gasteiger partial charge in [0.05, 0.1) is 5.52 Å². The van der Waals surface area contributed by atoms with Crippen molar-refractivity contribution in [2.75, 3.05) is 13.1 Å². The normalized spacial score (nSPS) is 10.8. The molecule has 8 heteroatoms. The first-order chi connectivity index (χ1) is 13.5. The number of halogens is 1. The van der Waals surface area contributed by atoms with Crippen LogP contribution in [0.15, 0.2) is 51.7 Å². The molecule has 0 saturated heterocycles. The number of nitrogens with one attached hydrogen (secondary N) is 2. The van der Waals surface area contributed by atoms with Crippen LogP contribution in [0.2, 0.25) is 0 Å². The molecule has 2 aromatic carbocycles. The minimum atomic E-state index is -0.508. The van der Waals surface area contributed by atoms with Gasteiger partial charge in [0.15, 0.2) is 5.58 Å². The molecule has 0 saturated carbocycles. The lowest BCUT2D eigenvalue weighted by molar-refractivity contribution is -0.121. The molecule has 0 fully saturated rings. The summed E-state index contributed by atoms with van der Waals surface area (Å²) in [6.07, 6.45) is 0.0978. The van der Waals surface area contributed by atoms with Crippen LogP contribution in [0.1, 0.15) is 22.3 Å². The van der Waals surface area contributed by atoms with Crippen LogP contribution in [0.5, 0.6) is 0 Å². The summed E-state index contributed by atoms with van der Waals surface area (Å²) in [4.78, 5) is 35.8. The molecule has 3 aromatic rings. The van der Waals surface area contributed by atoms with Gasteiger partial charge in [-0.15, -0.1) is 0 Å². The number of hydrogen-bond acceptors (Lipinski definition) is 4. The van der Waals surface area contributed by atoms with Crippen molar-refractivity contribution in [1.82, 2.24) is 15.2 Å². The standard InChI is InChI=1S/C20H20FN3O4/c1-13-6-7-14(12-15(13)21)19(26)23-10-9-22-18(25)8-11-24-16-4-2-3-5-17(16)28-20(24)27/h2-7,12H,8-11H2,1H3,(H,22,25)(H,23,26). The van der Waals surface area contributed by atoms with E-state index in [1.54, 1.807) is 37.3 Å². The molecular formula is C20H20FN3O4. The summed E-state index contributed by atoms with van der Waals surface area (Å²) in [7, 11) is 0. The summed E-state index contributed by atoms with van der Waals surface area (Å²) in [6, 6.07) is 11.2. The van der Waals surface area contributed by atoms with Gasteiger partial charge >= 0.3 is 5.76 Å². The minimum Gasteiger partial charge on any atom is -0.408 e. The summed E-state index contributed by atoms with van der Waals surface area (Å²) >= 11 is 0. The molecule has 1 aromatic heterocycles. The van der Waals surface area contributed by atoms with Crippen LogP contribution in [0.3, 0.4) is 0 Å². The summed E-state index contributed by atoms with van der Waals surface area (Å²) < 4.78 is 20.0. The quantitative estimate of drug-likeness (QED) is 0.608. The van der Waals surface area contributed by atoms with Crippen LogP contribution >= 0.6 is 0 Å². The molecule has 3 rings (SSSR count). The van der Waals surface area contributed by atoms with Crippen molar-refractivity contribution in [2.45, 2.75) is 19.9 Å². The molecule has 146 valence electrons. The Hall–Kier alpha value is -3.42. The second-order valence-corrected chi connectivity index (χ2v) is 6.31. The van der Waals surface area contributed by atoms with E-state index in [0.29, 0.717) is 16.7 Å². The van der Waals surface area contributed by atoms with Crippen molar-refractivity contribution in [2.24, 2.45) is 0 Å². The van der Waals surface area contributed by atoms with Gasteiger partial charge in [0.2, 0.25) is 5.91 Å². The van der Waals surface area contributed by atoms with E-state index < -0.39 is 17.5 Å². The molecule has 2 N–H and O–H groups in total. The highest BCUT2D eigenvalue weighted by atomic mass is 19.1. The van der Waals surface area contributed by atoms with Crippen molar-refractivity contribution in [1.29, 1.82) is 0 Å². The van der Waals surface area contributed by atoms with Gasteiger partial charge in [0.25, 0.3) is 5.91 Å². The van der Waals surface area contributed by atoms with Crippen LogP contribution in [-0.4, -0.2) is 29.5 Å². The van der Waals surface area contributed by atoms with E-state index in [4.69, 9.17) is 4.42 Å². The fourth-order valence-corrected chi connectivity index (χ4v) is 2.74. The molecule has 0 unspecified atom stereocenters. The average molecular weight is 385 g/mol. The van der Waals surface area contributed by atoms with Crippen molar-refractivity contribution < 1.29 is 18.4 Å². The van der Waals surface area contributed by atoms with Gasteiger partial charge in [-0.05, 0) is 36.8 Å². The maximum absolute atomic E-state index is 13.5. The molecule has 0 aliphatic rings. The zero-order chi connectivity index (χ0) is 20.1. The molecule has 0 bridgehead atoms. The number of aromatic nitrogens is 1. The molecule has 0 radical (unpaired) electrons. The molecular weight excluding hydrogens is 365 g/mol. The van der Waals surface area contributed by atoms with Gasteiger partial charge < -0.3 is 15.1 Å². The maximum Gasteiger partial charge on any atom is 0.419 e. The van der Waals surface area contributed by atoms with Crippen LogP contribution < -0.4 is 16.4 Å². The van der Waals surface area contributed by atoms with Gasteiger partial charge in [-0.2, -0.15) is 0 Å². The number of para-hydroxylation sites is 2. The molecule has 1 heterocycles. The number of aryl methyl sites for hydroxylation is 2. The summed E-state index contributed by atoms with van der Waals surface area (Å²) in [5.74, 6) is -1.62. The first kappa shape index (κ1) is 19.3. The number of nitrogens with zero attached hydrogens (tertiary/aromatic N) is 1. The van der Waals surface area contributed by atoms with Gasteiger partial charge in [-0.25, -0.2) is 9.18 Å². The second-order valence-electron chi connectivity index (χ2n) is 6.31. The summed E-state index contributed by atoms with van der Waals surface area (Å²) in [5.41, 5.74) is 1.80. The fraction of sp³-hybridized carbons (Fsp3) is 0.250. The van der Waals surface area contributed by atoms with E-state index in [0.717, 1.165) is 0 Å². The van der Waals surface area contributed by atoms with Crippen LogP contribution in [-0.2, 0) is 11.3 Å². The lowest BCUT2D eigenvalue weighted by Gasteiger charge is -2.08. The predicted molar refractivity (Wildman–Crippen MR) is 102 cm³/mol. The van der Waals surface area contributed by atoms with Crippen LogP contribution in [0.25, 0.3) is 11.1 Å². The first-order valence-electron chi connectivity index (χ1n) is 8.85. The number of fused-ring (bicyclic) bond motifs is 1. The van der Waals surface area contributed by atoms with Gasteiger partial charge in [0.1, 0.15) is 5.82 Å². The van der Waals surface area contributed by atoms with Crippen molar-refractivity contribution in [3.63, 3.8) is 0 Å². The lowest BCUT2D eigenvalue weighted by Crippen LogP contribution is -2.35. The average Bonchev–Trinajstić information content (AvgIpc) is 3.00. The molecule has 0 spiro atoms. The Kier molecular flexibility index (Phi) is 5.88. The summed E-state index contributed by atoms with van der Waals surface area (Å²) in [6.45, 7) is 2.23. The van der Waals surface area contributed by atoms with Gasteiger partial charge in [-0.1, -0.05) is 18.2 Å².